The van der Waals surface area contributed by atoms with Gasteiger partial charge in [0.25, 0.3) is 0 Å². The second kappa shape index (κ2) is 6.93. The minimum atomic E-state index is -0.533. The van der Waals surface area contributed by atoms with E-state index >= 15 is 0 Å². The molecule has 0 saturated carbocycles. The molecule has 1 aromatic carbocycles. The quantitative estimate of drug-likeness (QED) is 0.399. The van der Waals surface area contributed by atoms with Gasteiger partial charge >= 0.3 is 5.88 Å². The Kier molecular flexibility index (Phi) is 4.98. The van der Waals surface area contributed by atoms with Gasteiger partial charge in [0.1, 0.15) is 16.3 Å². The maximum atomic E-state index is 10.6. The molecule has 0 fully saturated rings. The fraction of sp³-hybridized carbons (Fsp3) is 0.467. The number of nitrogens with zero attached hydrogens (tertiary/aromatic N) is 1. The summed E-state index contributed by atoms with van der Waals surface area (Å²) < 4.78 is 10.8. The minimum absolute atomic E-state index is 0.239. The molecule has 5 heteroatoms. The van der Waals surface area contributed by atoms with Crippen molar-refractivity contribution in [2.75, 3.05) is 6.61 Å². The number of ether oxygens (including phenoxy) is 1. The number of furan rings is 1. The first kappa shape index (κ1) is 14.4. The van der Waals surface area contributed by atoms with E-state index in [9.17, 15) is 10.1 Å². The highest BCUT2D eigenvalue weighted by Gasteiger charge is 2.13. The molecule has 1 aromatic heterocycles. The molecule has 108 valence electrons. The standard InChI is InChI=1S/C15H19NO4/c1-2-3-4-5-6-9-19-13-7-8-14-12(10-13)11-15(20-14)16(17)18/h7-8,10-11H,2-6,9H2,1H3. The molecule has 0 amide bonds. The van der Waals surface area contributed by atoms with Gasteiger partial charge in [-0.3, -0.25) is 10.1 Å². The molecule has 0 radical (unpaired) electrons. The highest BCUT2D eigenvalue weighted by Crippen LogP contribution is 2.28. The van der Waals surface area contributed by atoms with E-state index in [0.29, 0.717) is 17.6 Å². The van der Waals surface area contributed by atoms with Crippen LogP contribution in [-0.4, -0.2) is 11.5 Å². The van der Waals surface area contributed by atoms with Crippen molar-refractivity contribution in [1.29, 1.82) is 0 Å². The van der Waals surface area contributed by atoms with Crippen LogP contribution in [0.25, 0.3) is 11.0 Å². The summed E-state index contributed by atoms with van der Waals surface area (Å²) >= 11 is 0. The highest BCUT2D eigenvalue weighted by molar-refractivity contribution is 5.81. The summed E-state index contributed by atoms with van der Waals surface area (Å²) in [5.41, 5.74) is 0.506. The molecule has 20 heavy (non-hydrogen) atoms. The predicted octanol–water partition coefficient (Wildman–Crippen LogP) is 4.69. The van der Waals surface area contributed by atoms with E-state index in [2.05, 4.69) is 6.92 Å². The zero-order valence-corrected chi connectivity index (χ0v) is 11.6. The van der Waals surface area contributed by atoms with Gasteiger partial charge in [-0.25, -0.2) is 0 Å². The largest absolute Gasteiger partial charge is 0.494 e. The lowest BCUT2D eigenvalue weighted by Crippen LogP contribution is -1.96. The Morgan fingerprint density at radius 2 is 2.00 bits per heavy atom. The first-order chi connectivity index (χ1) is 9.70. The molecule has 0 aliphatic carbocycles. The van der Waals surface area contributed by atoms with Gasteiger partial charge in [-0.2, -0.15) is 0 Å². The van der Waals surface area contributed by atoms with Gasteiger partial charge in [-0.05, 0) is 24.6 Å². The molecule has 2 aromatic rings. The van der Waals surface area contributed by atoms with Crippen molar-refractivity contribution in [2.45, 2.75) is 39.0 Å². The molecule has 1 heterocycles. The average Bonchev–Trinajstić information content (AvgIpc) is 2.86. The summed E-state index contributed by atoms with van der Waals surface area (Å²) in [4.78, 5) is 10.1. The predicted molar refractivity (Wildman–Crippen MR) is 77.1 cm³/mol. The molecule has 0 saturated heterocycles. The van der Waals surface area contributed by atoms with Gasteiger partial charge in [0, 0.05) is 5.39 Å². The Morgan fingerprint density at radius 1 is 1.20 bits per heavy atom. The van der Waals surface area contributed by atoms with Gasteiger partial charge in [-0.1, -0.05) is 32.6 Å². The van der Waals surface area contributed by atoms with E-state index in [1.165, 1.54) is 31.7 Å². The van der Waals surface area contributed by atoms with Crippen LogP contribution >= 0.6 is 0 Å². The zero-order valence-electron chi connectivity index (χ0n) is 11.6. The van der Waals surface area contributed by atoms with Crippen LogP contribution in [0.3, 0.4) is 0 Å². The van der Waals surface area contributed by atoms with Crippen LogP contribution in [0.5, 0.6) is 5.75 Å². The van der Waals surface area contributed by atoms with E-state index in [1.54, 1.807) is 18.2 Å². The van der Waals surface area contributed by atoms with Crippen LogP contribution < -0.4 is 4.74 Å². The lowest BCUT2D eigenvalue weighted by molar-refractivity contribution is -0.401. The summed E-state index contributed by atoms with van der Waals surface area (Å²) in [5, 5.41) is 11.3. The Balaban J connectivity index is 1.89. The Hall–Kier alpha value is -2.04. The number of fused-ring (bicyclic) bond motifs is 1. The van der Waals surface area contributed by atoms with E-state index in [0.717, 1.165) is 12.2 Å². The molecule has 0 unspecified atom stereocenters. The van der Waals surface area contributed by atoms with Crippen LogP contribution in [0.15, 0.2) is 28.7 Å². The van der Waals surface area contributed by atoms with Gasteiger partial charge in [-0.15, -0.1) is 0 Å². The van der Waals surface area contributed by atoms with Gasteiger partial charge in [0.15, 0.2) is 0 Å². The van der Waals surface area contributed by atoms with Crippen LogP contribution in [-0.2, 0) is 0 Å². The maximum Gasteiger partial charge on any atom is 0.434 e. The van der Waals surface area contributed by atoms with Crippen molar-refractivity contribution in [3.63, 3.8) is 0 Å². The number of nitro groups is 1. The molecule has 0 atom stereocenters. The van der Waals surface area contributed by atoms with Gasteiger partial charge in [0.2, 0.25) is 0 Å². The van der Waals surface area contributed by atoms with E-state index in [1.807, 2.05) is 0 Å². The van der Waals surface area contributed by atoms with Crippen molar-refractivity contribution in [3.8, 4) is 5.75 Å². The summed E-state index contributed by atoms with van der Waals surface area (Å²) in [6, 6.07) is 6.68. The normalized spacial score (nSPS) is 10.8. The van der Waals surface area contributed by atoms with E-state index < -0.39 is 4.92 Å². The Morgan fingerprint density at radius 3 is 2.75 bits per heavy atom. The average molecular weight is 277 g/mol. The summed E-state index contributed by atoms with van der Waals surface area (Å²) in [5.74, 6) is 0.486. The SMILES string of the molecule is CCCCCCCOc1ccc2oc([N+](=O)[O-])cc2c1. The zero-order chi connectivity index (χ0) is 14.4. The fourth-order valence-electron chi connectivity index (χ4n) is 2.08. The summed E-state index contributed by atoms with van der Waals surface area (Å²) in [6.07, 6.45) is 5.95. The monoisotopic (exact) mass is 277 g/mol. The van der Waals surface area contributed by atoms with Crippen molar-refractivity contribution in [3.05, 3.63) is 34.4 Å². The molecular formula is C15H19NO4. The van der Waals surface area contributed by atoms with Crippen molar-refractivity contribution < 1.29 is 14.1 Å². The van der Waals surface area contributed by atoms with Crippen molar-refractivity contribution in [2.24, 2.45) is 0 Å². The highest BCUT2D eigenvalue weighted by atomic mass is 16.6. The Labute approximate surface area is 117 Å². The topological polar surface area (TPSA) is 65.5 Å². The number of rotatable bonds is 8. The Bertz CT molecular complexity index is 576. The minimum Gasteiger partial charge on any atom is -0.494 e. The third kappa shape index (κ3) is 3.73. The smallest absolute Gasteiger partial charge is 0.434 e. The second-order valence-corrected chi connectivity index (χ2v) is 4.80. The molecule has 0 N–H and O–H groups in total. The van der Waals surface area contributed by atoms with Crippen LogP contribution in [0, 0.1) is 10.1 Å². The van der Waals surface area contributed by atoms with Crippen LogP contribution in [0.1, 0.15) is 39.0 Å². The number of hydrogen-bond donors (Lipinski definition) is 0. The van der Waals surface area contributed by atoms with Crippen LogP contribution in [0.2, 0.25) is 0 Å². The van der Waals surface area contributed by atoms with E-state index in [-0.39, 0.29) is 5.88 Å². The molecule has 5 nitrogen and oxygen atoms in total. The van der Waals surface area contributed by atoms with Gasteiger partial charge < -0.3 is 9.15 Å². The molecule has 0 aliphatic rings. The third-order valence-electron chi connectivity index (χ3n) is 3.17. The molecule has 0 spiro atoms. The molecule has 2 rings (SSSR count). The number of unbranched alkanes of at least 4 members (excludes halogenated alkanes) is 4. The first-order valence-corrected chi connectivity index (χ1v) is 7.01. The van der Waals surface area contributed by atoms with Crippen molar-refractivity contribution in [1.82, 2.24) is 0 Å². The van der Waals surface area contributed by atoms with Gasteiger partial charge in [0.05, 0.1) is 12.7 Å². The summed E-state index contributed by atoms with van der Waals surface area (Å²) in [7, 11) is 0. The lowest BCUT2D eigenvalue weighted by Gasteiger charge is -2.05. The number of hydrogen-bond acceptors (Lipinski definition) is 4. The third-order valence-corrected chi connectivity index (χ3v) is 3.17. The molecule has 0 bridgehead atoms. The second-order valence-electron chi connectivity index (χ2n) is 4.80. The van der Waals surface area contributed by atoms with Crippen LogP contribution in [0.4, 0.5) is 5.88 Å². The maximum absolute atomic E-state index is 10.6. The van der Waals surface area contributed by atoms with Crippen molar-refractivity contribution >= 4 is 16.9 Å². The summed E-state index contributed by atoms with van der Waals surface area (Å²) in [6.45, 7) is 2.87. The molecular weight excluding hydrogens is 258 g/mol. The fourth-order valence-corrected chi connectivity index (χ4v) is 2.08. The number of benzene rings is 1. The van der Waals surface area contributed by atoms with E-state index in [4.69, 9.17) is 9.15 Å². The lowest BCUT2D eigenvalue weighted by atomic mass is 10.2. The molecule has 0 aliphatic heterocycles. The first-order valence-electron chi connectivity index (χ1n) is 7.01.